The molecule has 0 bridgehead atoms. The third kappa shape index (κ3) is 6.26. The Kier molecular flexibility index (Phi) is 6.63. The first kappa shape index (κ1) is 19.0. The Morgan fingerprint density at radius 3 is 2.44 bits per heavy atom. The van der Waals surface area contributed by atoms with Crippen LogP contribution in [-0.4, -0.2) is 27.6 Å². The number of halogens is 1. The number of carbonyl (C=O) groups is 1. The molecule has 0 aromatic heterocycles. The minimum atomic E-state index is -3.75. The summed E-state index contributed by atoms with van der Waals surface area (Å²) in [5.41, 5.74) is 0.456. The zero-order valence-corrected chi connectivity index (χ0v) is 14.8. The van der Waals surface area contributed by atoms with Crippen LogP contribution in [0.15, 0.2) is 53.4 Å². The molecule has 25 heavy (non-hydrogen) atoms. The Hall–Kier alpha value is -2.29. The molecule has 0 spiro atoms. The SMILES string of the molecule is NS(=O)(=O)c1ccc(NC(=O)NCCCOc2ccccc2Cl)cc1. The fourth-order valence-electron chi connectivity index (χ4n) is 1.92. The van der Waals surface area contributed by atoms with Gasteiger partial charge in [-0.15, -0.1) is 0 Å². The van der Waals surface area contributed by atoms with Gasteiger partial charge in [0.15, 0.2) is 0 Å². The molecule has 0 fully saturated rings. The zero-order valence-electron chi connectivity index (χ0n) is 13.2. The number of hydrogen-bond donors (Lipinski definition) is 3. The molecule has 4 N–H and O–H groups in total. The number of nitrogens with two attached hydrogens (primary N) is 1. The summed E-state index contributed by atoms with van der Waals surface area (Å²) in [5, 5.41) is 10.8. The molecule has 2 aromatic carbocycles. The molecule has 2 rings (SSSR count). The summed E-state index contributed by atoms with van der Waals surface area (Å²) in [5.74, 6) is 0.601. The van der Waals surface area contributed by atoms with Gasteiger partial charge in [-0.05, 0) is 42.8 Å². The summed E-state index contributed by atoms with van der Waals surface area (Å²) in [6.07, 6.45) is 0.600. The molecule has 0 aliphatic rings. The Morgan fingerprint density at radius 2 is 1.80 bits per heavy atom. The number of nitrogens with one attached hydrogen (secondary N) is 2. The number of rotatable bonds is 7. The molecule has 0 aliphatic carbocycles. The summed E-state index contributed by atoms with van der Waals surface area (Å²) in [4.78, 5) is 11.7. The predicted molar refractivity (Wildman–Crippen MR) is 96.4 cm³/mol. The number of benzene rings is 2. The second kappa shape index (κ2) is 8.70. The van der Waals surface area contributed by atoms with Crippen LogP contribution in [0.2, 0.25) is 5.02 Å². The maximum Gasteiger partial charge on any atom is 0.319 e. The lowest BCUT2D eigenvalue weighted by atomic mass is 10.3. The van der Waals surface area contributed by atoms with Gasteiger partial charge in [-0.2, -0.15) is 0 Å². The van der Waals surface area contributed by atoms with Gasteiger partial charge in [0.25, 0.3) is 0 Å². The molecule has 0 radical (unpaired) electrons. The van der Waals surface area contributed by atoms with E-state index in [2.05, 4.69) is 10.6 Å². The third-order valence-electron chi connectivity index (χ3n) is 3.14. The quantitative estimate of drug-likeness (QED) is 0.638. The fourth-order valence-corrected chi connectivity index (χ4v) is 2.63. The third-order valence-corrected chi connectivity index (χ3v) is 4.38. The molecular formula is C16H18ClN3O4S. The van der Waals surface area contributed by atoms with Crippen LogP contribution in [0.5, 0.6) is 5.75 Å². The molecule has 134 valence electrons. The van der Waals surface area contributed by atoms with E-state index < -0.39 is 16.1 Å². The maximum absolute atomic E-state index is 11.8. The Balaban J connectivity index is 1.70. The molecule has 7 nitrogen and oxygen atoms in total. The van der Waals surface area contributed by atoms with E-state index >= 15 is 0 Å². The molecule has 0 aliphatic heterocycles. The van der Waals surface area contributed by atoms with Gasteiger partial charge in [-0.25, -0.2) is 18.4 Å². The highest BCUT2D eigenvalue weighted by molar-refractivity contribution is 7.89. The number of para-hydroxylation sites is 1. The number of amides is 2. The largest absolute Gasteiger partial charge is 0.492 e. The summed E-state index contributed by atoms with van der Waals surface area (Å²) in [6.45, 7) is 0.818. The van der Waals surface area contributed by atoms with E-state index in [1.807, 2.05) is 12.1 Å². The lowest BCUT2D eigenvalue weighted by Gasteiger charge is -2.09. The average molecular weight is 384 g/mol. The van der Waals surface area contributed by atoms with Crippen LogP contribution in [0.25, 0.3) is 0 Å². The van der Waals surface area contributed by atoms with Gasteiger partial charge in [0.2, 0.25) is 10.0 Å². The van der Waals surface area contributed by atoms with E-state index in [0.29, 0.717) is 36.0 Å². The molecule has 0 unspecified atom stereocenters. The summed E-state index contributed by atoms with van der Waals surface area (Å²) < 4.78 is 27.8. The van der Waals surface area contributed by atoms with Crippen molar-refractivity contribution in [3.05, 3.63) is 53.6 Å². The van der Waals surface area contributed by atoms with E-state index in [1.54, 1.807) is 12.1 Å². The van der Waals surface area contributed by atoms with Crippen LogP contribution in [0.3, 0.4) is 0 Å². The number of ether oxygens (including phenoxy) is 1. The highest BCUT2D eigenvalue weighted by atomic mass is 35.5. The second-order valence-corrected chi connectivity index (χ2v) is 7.05. The smallest absolute Gasteiger partial charge is 0.319 e. The number of hydrogen-bond acceptors (Lipinski definition) is 4. The summed E-state index contributed by atoms with van der Waals surface area (Å²) in [6, 6.07) is 12.3. The lowest BCUT2D eigenvalue weighted by Crippen LogP contribution is -2.30. The van der Waals surface area contributed by atoms with E-state index in [0.717, 1.165) is 0 Å². The van der Waals surface area contributed by atoms with Gasteiger partial charge in [0.05, 0.1) is 16.5 Å². The predicted octanol–water partition coefficient (Wildman–Crippen LogP) is 2.58. The van der Waals surface area contributed by atoms with Crippen molar-refractivity contribution in [3.63, 3.8) is 0 Å². The fraction of sp³-hybridized carbons (Fsp3) is 0.188. The highest BCUT2D eigenvalue weighted by Crippen LogP contribution is 2.22. The van der Waals surface area contributed by atoms with Crippen LogP contribution in [-0.2, 0) is 10.0 Å². The number of urea groups is 1. The second-order valence-electron chi connectivity index (χ2n) is 5.08. The molecule has 9 heteroatoms. The normalized spacial score (nSPS) is 11.0. The van der Waals surface area contributed by atoms with E-state index in [-0.39, 0.29) is 4.90 Å². The van der Waals surface area contributed by atoms with Gasteiger partial charge >= 0.3 is 6.03 Å². The Morgan fingerprint density at radius 1 is 1.12 bits per heavy atom. The molecule has 0 saturated heterocycles. The molecular weight excluding hydrogens is 366 g/mol. The van der Waals surface area contributed by atoms with Crippen LogP contribution in [0, 0.1) is 0 Å². The van der Waals surface area contributed by atoms with Gasteiger partial charge in [-0.1, -0.05) is 23.7 Å². The van der Waals surface area contributed by atoms with Crippen molar-refractivity contribution >= 4 is 33.3 Å². The van der Waals surface area contributed by atoms with Crippen LogP contribution < -0.4 is 20.5 Å². The topological polar surface area (TPSA) is 111 Å². The molecule has 2 aromatic rings. The van der Waals surface area contributed by atoms with Gasteiger partial charge in [0, 0.05) is 12.2 Å². The Bertz CT molecular complexity index is 826. The molecule has 2 amide bonds. The first-order chi connectivity index (χ1) is 11.9. The van der Waals surface area contributed by atoms with E-state index in [9.17, 15) is 13.2 Å². The van der Waals surface area contributed by atoms with E-state index in [1.165, 1.54) is 24.3 Å². The van der Waals surface area contributed by atoms with Gasteiger partial charge < -0.3 is 15.4 Å². The molecule has 0 saturated carbocycles. The standard InChI is InChI=1S/C16H18ClN3O4S/c17-14-4-1-2-5-15(14)24-11-3-10-19-16(21)20-12-6-8-13(9-7-12)25(18,22)23/h1-2,4-9H,3,10-11H2,(H2,18,22,23)(H2,19,20,21). The number of primary sulfonamides is 1. The van der Waals surface area contributed by atoms with Crippen molar-refractivity contribution in [2.45, 2.75) is 11.3 Å². The van der Waals surface area contributed by atoms with Crippen LogP contribution >= 0.6 is 11.6 Å². The van der Waals surface area contributed by atoms with Gasteiger partial charge in [-0.3, -0.25) is 0 Å². The average Bonchev–Trinajstić information content (AvgIpc) is 2.56. The van der Waals surface area contributed by atoms with Crippen molar-refractivity contribution in [1.29, 1.82) is 0 Å². The number of anilines is 1. The van der Waals surface area contributed by atoms with Crippen molar-refractivity contribution < 1.29 is 17.9 Å². The van der Waals surface area contributed by atoms with Crippen LogP contribution in [0.4, 0.5) is 10.5 Å². The summed E-state index contributed by atoms with van der Waals surface area (Å²) in [7, 11) is -3.75. The molecule has 0 atom stereocenters. The lowest BCUT2D eigenvalue weighted by molar-refractivity contribution is 0.250. The van der Waals surface area contributed by atoms with Crippen molar-refractivity contribution in [3.8, 4) is 5.75 Å². The number of carbonyl (C=O) groups excluding carboxylic acids is 1. The molecule has 0 heterocycles. The van der Waals surface area contributed by atoms with Crippen molar-refractivity contribution in [2.75, 3.05) is 18.5 Å². The first-order valence-corrected chi connectivity index (χ1v) is 9.34. The Labute approximate surface area is 151 Å². The summed E-state index contributed by atoms with van der Waals surface area (Å²) >= 11 is 5.97. The monoisotopic (exact) mass is 383 g/mol. The zero-order chi connectivity index (χ0) is 18.3. The number of sulfonamides is 1. The van der Waals surface area contributed by atoms with Crippen molar-refractivity contribution in [2.24, 2.45) is 5.14 Å². The maximum atomic E-state index is 11.8. The first-order valence-electron chi connectivity index (χ1n) is 7.41. The minimum Gasteiger partial charge on any atom is -0.492 e. The van der Waals surface area contributed by atoms with Crippen molar-refractivity contribution in [1.82, 2.24) is 5.32 Å². The van der Waals surface area contributed by atoms with Crippen LogP contribution in [0.1, 0.15) is 6.42 Å². The minimum absolute atomic E-state index is 0.0184. The highest BCUT2D eigenvalue weighted by Gasteiger charge is 2.07. The van der Waals surface area contributed by atoms with E-state index in [4.69, 9.17) is 21.5 Å². The van der Waals surface area contributed by atoms with Gasteiger partial charge in [0.1, 0.15) is 5.75 Å².